The van der Waals surface area contributed by atoms with E-state index in [9.17, 15) is 18.4 Å². The average molecular weight is 346 g/mol. The van der Waals surface area contributed by atoms with Crippen LogP contribution in [-0.2, 0) is 19.1 Å². The molecule has 0 amide bonds. The van der Waals surface area contributed by atoms with Gasteiger partial charge in [-0.3, -0.25) is 0 Å². The minimum Gasteiger partial charge on any atom is -0.420 e. The highest BCUT2D eigenvalue weighted by Crippen LogP contribution is 2.43. The molecule has 4 nitrogen and oxygen atoms in total. The molecule has 0 aromatic rings. The maximum absolute atomic E-state index is 13.2. The lowest BCUT2D eigenvalue weighted by Crippen LogP contribution is -2.46. The maximum Gasteiger partial charge on any atom is 0.343 e. The van der Waals surface area contributed by atoms with Crippen molar-refractivity contribution in [2.24, 2.45) is 11.8 Å². The number of esters is 2. The third-order valence-electron chi connectivity index (χ3n) is 5.33. The highest BCUT2D eigenvalue weighted by molar-refractivity contribution is 5.76. The Morgan fingerprint density at radius 3 is 1.67 bits per heavy atom. The van der Waals surface area contributed by atoms with Gasteiger partial charge in [-0.15, -0.1) is 0 Å². The second-order valence-electron chi connectivity index (χ2n) is 7.22. The minimum atomic E-state index is -1.81. The van der Waals surface area contributed by atoms with Gasteiger partial charge >= 0.3 is 11.9 Å². The lowest BCUT2D eigenvalue weighted by atomic mass is 9.72. The van der Waals surface area contributed by atoms with Gasteiger partial charge in [0.05, 0.1) is 0 Å². The van der Waals surface area contributed by atoms with Crippen molar-refractivity contribution in [2.75, 3.05) is 0 Å². The Hall–Kier alpha value is -1.20. The van der Waals surface area contributed by atoms with Crippen molar-refractivity contribution in [3.8, 4) is 0 Å². The molecule has 2 rings (SSSR count). The Labute approximate surface area is 142 Å². The second kappa shape index (κ2) is 8.26. The number of carbonyl (C=O) groups excluding carboxylic acids is 2. The summed E-state index contributed by atoms with van der Waals surface area (Å²) in [7, 11) is 0. The molecular formula is C18H28F2O4. The van der Waals surface area contributed by atoms with E-state index < -0.39 is 30.1 Å². The van der Waals surface area contributed by atoms with Crippen molar-refractivity contribution >= 4 is 11.9 Å². The number of alkyl halides is 2. The fourth-order valence-corrected chi connectivity index (χ4v) is 3.91. The Morgan fingerprint density at radius 1 is 0.833 bits per heavy atom. The molecule has 2 fully saturated rings. The molecule has 0 saturated heterocycles. The normalized spacial score (nSPS) is 24.8. The summed E-state index contributed by atoms with van der Waals surface area (Å²) in [5.74, 6) is -2.49. The molecule has 2 aliphatic rings. The van der Waals surface area contributed by atoms with E-state index in [1.807, 2.05) is 0 Å². The van der Waals surface area contributed by atoms with Gasteiger partial charge in [0.1, 0.15) is 0 Å². The lowest BCUT2D eigenvalue weighted by molar-refractivity contribution is -0.247. The third-order valence-corrected chi connectivity index (χ3v) is 5.33. The summed E-state index contributed by atoms with van der Waals surface area (Å²) in [6, 6.07) is 0. The Kier molecular flexibility index (Phi) is 6.58. The van der Waals surface area contributed by atoms with Gasteiger partial charge in [-0.1, -0.05) is 32.1 Å². The van der Waals surface area contributed by atoms with Crippen LogP contribution in [0.1, 0.15) is 71.6 Å². The highest BCUT2D eigenvalue weighted by atomic mass is 19.1. The van der Waals surface area contributed by atoms with Crippen LogP contribution in [0, 0.1) is 11.8 Å². The molecule has 0 bridgehead atoms. The van der Waals surface area contributed by atoms with E-state index in [0.717, 1.165) is 26.7 Å². The molecule has 0 N–H and O–H groups in total. The van der Waals surface area contributed by atoms with Crippen LogP contribution < -0.4 is 0 Å². The summed E-state index contributed by atoms with van der Waals surface area (Å²) in [6.07, 6.45) is 4.68. The topological polar surface area (TPSA) is 52.6 Å². The van der Waals surface area contributed by atoms with Gasteiger partial charge in [0.15, 0.2) is 12.3 Å². The number of hydrogen-bond acceptors (Lipinski definition) is 4. The number of carbonyl (C=O) groups is 2. The van der Waals surface area contributed by atoms with E-state index in [2.05, 4.69) is 0 Å². The van der Waals surface area contributed by atoms with E-state index >= 15 is 0 Å². The largest absolute Gasteiger partial charge is 0.420 e. The maximum atomic E-state index is 13.2. The van der Waals surface area contributed by atoms with Gasteiger partial charge in [-0.25, -0.2) is 18.4 Å². The van der Waals surface area contributed by atoms with Crippen LogP contribution in [0.25, 0.3) is 0 Å². The van der Waals surface area contributed by atoms with Gasteiger partial charge in [-0.2, -0.15) is 0 Å². The van der Waals surface area contributed by atoms with Crippen molar-refractivity contribution in [3.63, 3.8) is 0 Å². The van der Waals surface area contributed by atoms with Crippen molar-refractivity contribution < 1.29 is 27.8 Å². The molecule has 0 aromatic carbocycles. The smallest absolute Gasteiger partial charge is 0.343 e. The van der Waals surface area contributed by atoms with Crippen molar-refractivity contribution in [2.45, 2.75) is 89.8 Å². The zero-order valence-electron chi connectivity index (χ0n) is 14.6. The summed E-state index contributed by atoms with van der Waals surface area (Å²) in [4.78, 5) is 23.3. The molecule has 0 aliphatic heterocycles. The number of ether oxygens (including phenoxy) is 2. The van der Waals surface area contributed by atoms with Gasteiger partial charge < -0.3 is 9.47 Å². The monoisotopic (exact) mass is 346 g/mol. The lowest BCUT2D eigenvalue weighted by Gasteiger charge is -2.41. The molecule has 138 valence electrons. The van der Waals surface area contributed by atoms with Crippen molar-refractivity contribution in [1.82, 2.24) is 0 Å². The Bertz CT molecular complexity index is 412. The molecule has 0 aromatic heterocycles. The van der Waals surface area contributed by atoms with Crippen LogP contribution >= 0.6 is 0 Å². The SMILES string of the molecule is C[C@@H](F)C(=O)OC1(OC(=O)[C@@H](C)F)CCC(C2CCCCC2)CC1. The van der Waals surface area contributed by atoms with E-state index in [1.54, 1.807) is 0 Å². The molecule has 2 saturated carbocycles. The first-order chi connectivity index (χ1) is 11.3. The number of hydrogen-bond donors (Lipinski definition) is 0. The molecule has 6 heteroatoms. The summed E-state index contributed by atoms with van der Waals surface area (Å²) in [5.41, 5.74) is 0. The van der Waals surface area contributed by atoms with Gasteiger partial charge in [0.25, 0.3) is 5.79 Å². The van der Waals surface area contributed by atoms with Crippen LogP contribution in [0.3, 0.4) is 0 Å². The molecular weight excluding hydrogens is 318 g/mol. The van der Waals surface area contributed by atoms with Crippen LogP contribution in [0.5, 0.6) is 0 Å². The van der Waals surface area contributed by atoms with E-state index in [1.165, 1.54) is 32.1 Å². The molecule has 0 unspecified atom stereocenters. The molecule has 0 heterocycles. The Morgan fingerprint density at radius 2 is 1.25 bits per heavy atom. The molecule has 2 aliphatic carbocycles. The molecule has 24 heavy (non-hydrogen) atoms. The minimum absolute atomic E-state index is 0.311. The van der Waals surface area contributed by atoms with Crippen LogP contribution in [0.15, 0.2) is 0 Å². The first-order valence-corrected chi connectivity index (χ1v) is 9.07. The standard InChI is InChI=1S/C18H28F2O4/c1-12(19)16(21)23-18(24-17(22)13(2)20)10-8-15(9-11-18)14-6-4-3-5-7-14/h12-15H,3-11H2,1-2H3/t12-,13-/m1/s1. The fourth-order valence-electron chi connectivity index (χ4n) is 3.91. The van der Waals surface area contributed by atoms with Crippen molar-refractivity contribution in [1.29, 1.82) is 0 Å². The number of rotatable bonds is 5. The molecule has 0 spiro atoms. The first kappa shape index (κ1) is 19.1. The summed E-state index contributed by atoms with van der Waals surface area (Å²) >= 11 is 0. The van der Waals surface area contributed by atoms with Gasteiger partial charge in [0, 0.05) is 12.8 Å². The second-order valence-corrected chi connectivity index (χ2v) is 7.22. The fraction of sp³-hybridized carbons (Fsp3) is 0.889. The molecule has 0 radical (unpaired) electrons. The van der Waals surface area contributed by atoms with E-state index in [4.69, 9.17) is 9.47 Å². The zero-order valence-corrected chi connectivity index (χ0v) is 14.6. The van der Waals surface area contributed by atoms with E-state index in [-0.39, 0.29) is 0 Å². The van der Waals surface area contributed by atoms with Crippen LogP contribution in [0.4, 0.5) is 8.78 Å². The zero-order chi connectivity index (χ0) is 17.7. The third kappa shape index (κ3) is 4.90. The van der Waals surface area contributed by atoms with Crippen LogP contribution in [-0.4, -0.2) is 30.1 Å². The van der Waals surface area contributed by atoms with Gasteiger partial charge in [0.2, 0.25) is 0 Å². The van der Waals surface area contributed by atoms with E-state index in [0.29, 0.717) is 24.7 Å². The average Bonchev–Trinajstić information content (AvgIpc) is 2.56. The number of halogens is 2. The summed E-state index contributed by atoms with van der Waals surface area (Å²) in [6.45, 7) is 2.15. The Balaban J connectivity index is 2.02. The predicted octanol–water partition coefficient (Wildman–Crippen LogP) is 4.26. The summed E-state index contributed by atoms with van der Waals surface area (Å²) in [5, 5.41) is 0. The first-order valence-electron chi connectivity index (χ1n) is 9.07. The predicted molar refractivity (Wildman–Crippen MR) is 84.6 cm³/mol. The van der Waals surface area contributed by atoms with Gasteiger partial charge in [-0.05, 0) is 38.5 Å². The highest BCUT2D eigenvalue weighted by Gasteiger charge is 2.45. The summed E-state index contributed by atoms with van der Waals surface area (Å²) < 4.78 is 36.7. The van der Waals surface area contributed by atoms with Crippen LogP contribution in [0.2, 0.25) is 0 Å². The molecule has 2 atom stereocenters. The van der Waals surface area contributed by atoms with Crippen molar-refractivity contribution in [3.05, 3.63) is 0 Å². The quantitative estimate of drug-likeness (QED) is 0.551.